The summed E-state index contributed by atoms with van der Waals surface area (Å²) in [6, 6.07) is 10.9. The van der Waals surface area contributed by atoms with Gasteiger partial charge in [-0.3, -0.25) is 4.79 Å². The van der Waals surface area contributed by atoms with Crippen LogP contribution in [0.1, 0.15) is 0 Å². The number of fused-ring (bicyclic) bond motifs is 1. The van der Waals surface area contributed by atoms with Gasteiger partial charge in [0.1, 0.15) is 11.5 Å². The molecule has 0 unspecified atom stereocenters. The van der Waals surface area contributed by atoms with Crippen molar-refractivity contribution in [1.29, 1.82) is 0 Å². The maximum atomic E-state index is 12.5. The molecule has 0 spiro atoms. The molecule has 1 heterocycles. The minimum Gasteiger partial charge on any atom is -0.508 e. The van der Waals surface area contributed by atoms with Crippen LogP contribution in [-0.2, 0) is 0 Å². The van der Waals surface area contributed by atoms with Gasteiger partial charge in [0.2, 0.25) is 0 Å². The number of phenols is 1. The van der Waals surface area contributed by atoms with E-state index in [1.54, 1.807) is 24.3 Å². The number of phenolic OH excluding ortho intramolecular Hbond substituents is 1. The number of aromatic amines is 1. The molecule has 0 aliphatic heterocycles. The summed E-state index contributed by atoms with van der Waals surface area (Å²) >= 11 is 0. The lowest BCUT2D eigenvalue weighted by molar-refractivity contribution is 0.414. The molecule has 6 heteroatoms. The first-order valence-corrected chi connectivity index (χ1v) is 6.22. The summed E-state index contributed by atoms with van der Waals surface area (Å²) in [7, 11) is 1.51. The molecule has 0 aliphatic rings. The first-order chi connectivity index (χ1) is 10.1. The molecule has 21 heavy (non-hydrogen) atoms. The number of H-pyrrole nitrogens is 1. The minimum atomic E-state index is -0.577. The first kappa shape index (κ1) is 13.0. The highest BCUT2D eigenvalue weighted by atomic mass is 16.5. The van der Waals surface area contributed by atoms with Gasteiger partial charge in [-0.05, 0) is 24.3 Å². The van der Waals surface area contributed by atoms with Crippen LogP contribution < -0.4 is 16.0 Å². The van der Waals surface area contributed by atoms with E-state index in [1.807, 2.05) is 0 Å². The molecule has 0 amide bonds. The van der Waals surface area contributed by atoms with Crippen molar-refractivity contribution in [1.82, 2.24) is 9.55 Å². The number of methoxy groups -OCH3 is 1. The van der Waals surface area contributed by atoms with Crippen LogP contribution in [0.15, 0.2) is 52.1 Å². The van der Waals surface area contributed by atoms with Crippen molar-refractivity contribution in [3.63, 3.8) is 0 Å². The second kappa shape index (κ2) is 4.82. The Bertz CT molecular complexity index is 940. The van der Waals surface area contributed by atoms with E-state index < -0.39 is 11.2 Å². The molecule has 6 nitrogen and oxygen atoms in total. The van der Waals surface area contributed by atoms with Gasteiger partial charge in [-0.15, -0.1) is 0 Å². The van der Waals surface area contributed by atoms with Crippen LogP contribution in [-0.4, -0.2) is 21.8 Å². The maximum absolute atomic E-state index is 12.5. The lowest BCUT2D eigenvalue weighted by Crippen LogP contribution is -2.33. The van der Waals surface area contributed by atoms with Crippen molar-refractivity contribution in [2.24, 2.45) is 0 Å². The van der Waals surface area contributed by atoms with Gasteiger partial charge >= 0.3 is 5.69 Å². The molecule has 3 rings (SSSR count). The summed E-state index contributed by atoms with van der Waals surface area (Å²) in [4.78, 5) is 27.2. The number of hydrogen-bond donors (Lipinski definition) is 2. The average molecular weight is 284 g/mol. The summed E-state index contributed by atoms with van der Waals surface area (Å²) in [5, 5.41) is 9.73. The standard InChI is InChI=1S/C15H12N2O4/c1-21-11-4-2-3-9(7-11)17-14(19)12-6-5-10(18)8-13(12)16-15(17)20/h2-8,18H,1H3,(H,16,20). The normalized spacial score (nSPS) is 10.7. The number of benzene rings is 2. The second-order valence-electron chi connectivity index (χ2n) is 4.50. The van der Waals surface area contributed by atoms with Gasteiger partial charge in [0.25, 0.3) is 5.56 Å². The molecule has 0 saturated heterocycles. The van der Waals surface area contributed by atoms with E-state index in [0.717, 1.165) is 4.57 Å². The SMILES string of the molecule is COc1cccc(-n2c(=O)[nH]c3cc(O)ccc3c2=O)c1. The van der Waals surface area contributed by atoms with E-state index in [4.69, 9.17) is 4.74 Å². The highest BCUT2D eigenvalue weighted by molar-refractivity contribution is 5.79. The molecular weight excluding hydrogens is 272 g/mol. The molecule has 0 bridgehead atoms. The van der Waals surface area contributed by atoms with Crippen LogP contribution in [0.3, 0.4) is 0 Å². The average Bonchev–Trinajstić information content (AvgIpc) is 2.47. The molecule has 0 atom stereocenters. The third-order valence-electron chi connectivity index (χ3n) is 3.19. The van der Waals surface area contributed by atoms with E-state index in [9.17, 15) is 14.7 Å². The fourth-order valence-corrected chi connectivity index (χ4v) is 2.19. The van der Waals surface area contributed by atoms with Crippen molar-refractivity contribution in [2.75, 3.05) is 7.11 Å². The fourth-order valence-electron chi connectivity index (χ4n) is 2.19. The largest absolute Gasteiger partial charge is 0.508 e. The maximum Gasteiger partial charge on any atom is 0.333 e. The van der Waals surface area contributed by atoms with Crippen LogP contribution in [0.25, 0.3) is 16.6 Å². The summed E-state index contributed by atoms with van der Waals surface area (Å²) in [5.74, 6) is 0.529. The van der Waals surface area contributed by atoms with E-state index in [2.05, 4.69) is 4.98 Å². The topological polar surface area (TPSA) is 84.3 Å². The zero-order valence-electron chi connectivity index (χ0n) is 11.2. The van der Waals surface area contributed by atoms with Crippen molar-refractivity contribution in [2.45, 2.75) is 0 Å². The molecule has 0 saturated carbocycles. The molecular formula is C15H12N2O4. The number of nitrogens with zero attached hydrogens (tertiary/aromatic N) is 1. The smallest absolute Gasteiger partial charge is 0.333 e. The van der Waals surface area contributed by atoms with Crippen LogP contribution >= 0.6 is 0 Å². The van der Waals surface area contributed by atoms with Crippen LogP contribution in [0.2, 0.25) is 0 Å². The van der Waals surface area contributed by atoms with Crippen LogP contribution in [0, 0.1) is 0 Å². The monoisotopic (exact) mass is 284 g/mol. The van der Waals surface area contributed by atoms with Gasteiger partial charge in [0.15, 0.2) is 0 Å². The van der Waals surface area contributed by atoms with Gasteiger partial charge in [-0.1, -0.05) is 6.07 Å². The van der Waals surface area contributed by atoms with E-state index >= 15 is 0 Å². The number of ether oxygens (including phenoxy) is 1. The van der Waals surface area contributed by atoms with Gasteiger partial charge in [0, 0.05) is 12.1 Å². The zero-order chi connectivity index (χ0) is 15.0. The Morgan fingerprint density at radius 3 is 2.71 bits per heavy atom. The highest BCUT2D eigenvalue weighted by Gasteiger charge is 2.10. The molecule has 3 aromatic rings. The molecule has 0 fully saturated rings. The Labute approximate surface area is 118 Å². The Kier molecular flexibility index (Phi) is 2.98. The summed E-state index contributed by atoms with van der Waals surface area (Å²) in [5.41, 5.74) is -0.326. The number of aromatic hydroxyl groups is 1. The van der Waals surface area contributed by atoms with Gasteiger partial charge in [-0.25, -0.2) is 9.36 Å². The summed E-state index contributed by atoms with van der Waals surface area (Å²) in [6.45, 7) is 0. The van der Waals surface area contributed by atoms with E-state index in [1.165, 1.54) is 25.3 Å². The lowest BCUT2D eigenvalue weighted by Gasteiger charge is -2.08. The Balaban J connectivity index is 2.35. The number of aromatic nitrogens is 2. The molecule has 0 aliphatic carbocycles. The predicted octanol–water partition coefficient (Wildman–Crippen LogP) is 1.39. The minimum absolute atomic E-state index is 0.0170. The van der Waals surface area contributed by atoms with Gasteiger partial charge in [0.05, 0.1) is 23.7 Å². The van der Waals surface area contributed by atoms with Gasteiger partial charge in [-0.2, -0.15) is 0 Å². The fraction of sp³-hybridized carbons (Fsp3) is 0.0667. The highest BCUT2D eigenvalue weighted by Crippen LogP contribution is 2.16. The molecule has 0 radical (unpaired) electrons. The Morgan fingerprint density at radius 1 is 1.14 bits per heavy atom. The molecule has 106 valence electrons. The summed E-state index contributed by atoms with van der Waals surface area (Å²) < 4.78 is 6.13. The number of hydrogen-bond acceptors (Lipinski definition) is 4. The van der Waals surface area contributed by atoms with E-state index in [-0.39, 0.29) is 5.75 Å². The van der Waals surface area contributed by atoms with Crippen molar-refractivity contribution in [3.8, 4) is 17.2 Å². The second-order valence-corrected chi connectivity index (χ2v) is 4.50. The van der Waals surface area contributed by atoms with Crippen molar-refractivity contribution in [3.05, 3.63) is 63.3 Å². The van der Waals surface area contributed by atoms with Crippen LogP contribution in [0.4, 0.5) is 0 Å². The van der Waals surface area contributed by atoms with E-state index in [0.29, 0.717) is 22.3 Å². The third kappa shape index (κ3) is 2.16. The number of nitrogens with one attached hydrogen (secondary N) is 1. The third-order valence-corrected chi connectivity index (χ3v) is 3.19. The zero-order valence-corrected chi connectivity index (χ0v) is 11.2. The van der Waals surface area contributed by atoms with Crippen LogP contribution in [0.5, 0.6) is 11.5 Å². The summed E-state index contributed by atoms with van der Waals surface area (Å²) in [6.07, 6.45) is 0. The van der Waals surface area contributed by atoms with Gasteiger partial charge < -0.3 is 14.8 Å². The predicted molar refractivity (Wildman–Crippen MR) is 78.4 cm³/mol. The molecule has 1 aromatic heterocycles. The Morgan fingerprint density at radius 2 is 1.95 bits per heavy atom. The number of rotatable bonds is 2. The van der Waals surface area contributed by atoms with Crippen molar-refractivity contribution >= 4 is 10.9 Å². The lowest BCUT2D eigenvalue weighted by atomic mass is 10.2. The first-order valence-electron chi connectivity index (χ1n) is 6.22. The quantitative estimate of drug-likeness (QED) is 0.745. The Hall–Kier alpha value is -3.02. The van der Waals surface area contributed by atoms with Crippen molar-refractivity contribution < 1.29 is 9.84 Å². The molecule has 2 aromatic carbocycles. The molecule has 2 N–H and O–H groups in total.